The largest absolute Gasteiger partial charge is 0.392 e. The van der Waals surface area contributed by atoms with Crippen molar-refractivity contribution in [3.8, 4) is 0 Å². The van der Waals surface area contributed by atoms with E-state index in [1.54, 1.807) is 0 Å². The molecule has 2 aromatic heterocycles. The van der Waals surface area contributed by atoms with Gasteiger partial charge in [-0.3, -0.25) is 19.7 Å². The van der Waals surface area contributed by atoms with Gasteiger partial charge in [-0.05, 0) is 73.1 Å². The molecule has 2 N–H and O–H groups in total. The molecule has 0 aliphatic carbocycles. The second-order valence-corrected chi connectivity index (χ2v) is 11.2. The Hall–Kier alpha value is -3.09. The maximum atomic E-state index is 12.3. The third-order valence-corrected chi connectivity index (χ3v) is 7.42. The average Bonchev–Trinajstić information content (AvgIpc) is 2.88. The van der Waals surface area contributed by atoms with Gasteiger partial charge in [-0.1, -0.05) is 51.1 Å². The molecule has 1 aliphatic rings. The molecule has 0 spiro atoms. The number of likely N-dealkylation sites (tertiary alicyclic amines) is 1. The summed E-state index contributed by atoms with van der Waals surface area (Å²) in [5, 5.41) is 13.3. The molecule has 1 fully saturated rings. The highest BCUT2D eigenvalue weighted by Crippen LogP contribution is 2.43. The zero-order valence-corrected chi connectivity index (χ0v) is 22.8. The lowest BCUT2D eigenvalue weighted by Gasteiger charge is -2.43. The number of aliphatic hydroxyl groups is 1. The maximum absolute atomic E-state index is 12.3. The van der Waals surface area contributed by atoms with E-state index in [-0.39, 0.29) is 24.6 Å². The third kappa shape index (κ3) is 6.25. The lowest BCUT2D eigenvalue weighted by atomic mass is 9.88. The molecule has 3 heterocycles. The summed E-state index contributed by atoms with van der Waals surface area (Å²) in [4.78, 5) is 24.5. The normalized spacial score (nSPS) is 18.5. The molecule has 2 atom stereocenters. The van der Waals surface area contributed by atoms with Gasteiger partial charge in [0, 0.05) is 30.9 Å². The first kappa shape index (κ1) is 27.0. The van der Waals surface area contributed by atoms with Gasteiger partial charge in [0.2, 0.25) is 5.91 Å². The summed E-state index contributed by atoms with van der Waals surface area (Å²) in [6.45, 7) is 11.1. The van der Waals surface area contributed by atoms with E-state index in [1.165, 1.54) is 11.1 Å². The molecule has 37 heavy (non-hydrogen) atoms. The van der Waals surface area contributed by atoms with Crippen LogP contribution < -0.4 is 5.32 Å². The van der Waals surface area contributed by atoms with Crippen LogP contribution in [0.5, 0.6) is 0 Å². The van der Waals surface area contributed by atoms with Crippen LogP contribution >= 0.6 is 0 Å². The molecule has 1 amide bonds. The number of aryl methyl sites for hydroxylation is 2. The number of aromatic nitrogens is 2. The lowest BCUT2D eigenvalue weighted by molar-refractivity contribution is -0.128. The Morgan fingerprint density at radius 1 is 0.973 bits per heavy atom. The van der Waals surface area contributed by atoms with Gasteiger partial charge in [0.1, 0.15) is 0 Å². The Morgan fingerprint density at radius 3 is 2.08 bits per heavy atom. The van der Waals surface area contributed by atoms with E-state index in [9.17, 15) is 9.90 Å². The van der Waals surface area contributed by atoms with Crippen molar-refractivity contribution in [1.29, 1.82) is 0 Å². The van der Waals surface area contributed by atoms with Gasteiger partial charge < -0.3 is 10.4 Å². The quantitative estimate of drug-likeness (QED) is 0.434. The van der Waals surface area contributed by atoms with Crippen molar-refractivity contribution in [3.63, 3.8) is 0 Å². The molecule has 196 valence electrons. The minimum Gasteiger partial charge on any atom is -0.392 e. The fourth-order valence-corrected chi connectivity index (χ4v) is 5.29. The molecule has 0 radical (unpaired) electrons. The van der Waals surface area contributed by atoms with Crippen LogP contribution in [-0.4, -0.2) is 25.9 Å². The van der Waals surface area contributed by atoms with Crippen molar-refractivity contribution in [2.75, 3.05) is 0 Å². The van der Waals surface area contributed by atoms with Crippen LogP contribution in [0.2, 0.25) is 0 Å². The number of carbonyl (C=O) groups is 1. The van der Waals surface area contributed by atoms with Crippen molar-refractivity contribution in [2.24, 2.45) is 5.41 Å². The van der Waals surface area contributed by atoms with Gasteiger partial charge >= 0.3 is 0 Å². The zero-order chi connectivity index (χ0) is 26.6. The van der Waals surface area contributed by atoms with Gasteiger partial charge in [-0.2, -0.15) is 0 Å². The van der Waals surface area contributed by atoms with Gasteiger partial charge in [-0.25, -0.2) is 0 Å². The number of benzene rings is 1. The van der Waals surface area contributed by atoms with E-state index in [0.29, 0.717) is 13.1 Å². The van der Waals surface area contributed by atoms with Gasteiger partial charge in [0.05, 0.1) is 30.1 Å². The number of piperidine rings is 1. The zero-order valence-electron chi connectivity index (χ0n) is 22.8. The fraction of sp³-hybridized carbons (Fsp3) is 0.452. The lowest BCUT2D eigenvalue weighted by Crippen LogP contribution is -2.37. The number of aliphatic hydroxyl groups excluding tert-OH is 1. The Morgan fingerprint density at radius 2 is 1.57 bits per heavy atom. The summed E-state index contributed by atoms with van der Waals surface area (Å²) < 4.78 is 0. The number of nitrogens with one attached hydrogen (secondary N) is 1. The smallest absolute Gasteiger partial charge is 0.225 e. The van der Waals surface area contributed by atoms with Crippen LogP contribution in [0, 0.1) is 19.3 Å². The van der Waals surface area contributed by atoms with E-state index in [2.05, 4.69) is 48.3 Å². The molecule has 1 aromatic carbocycles. The van der Waals surface area contributed by atoms with Crippen LogP contribution in [0.1, 0.15) is 91.3 Å². The number of amides is 1. The van der Waals surface area contributed by atoms with Crippen molar-refractivity contribution in [1.82, 2.24) is 20.2 Å². The molecule has 1 saturated heterocycles. The van der Waals surface area contributed by atoms with Crippen molar-refractivity contribution >= 4 is 5.91 Å². The average molecular weight is 501 g/mol. The number of carbonyl (C=O) groups excluding carboxylic acids is 1. The Labute approximate surface area is 221 Å². The van der Waals surface area contributed by atoms with Crippen molar-refractivity contribution in [2.45, 2.75) is 85.7 Å². The van der Waals surface area contributed by atoms with E-state index >= 15 is 0 Å². The predicted octanol–water partition coefficient (Wildman–Crippen LogP) is 5.72. The summed E-state index contributed by atoms with van der Waals surface area (Å²) in [6, 6.07) is 14.8. The van der Waals surface area contributed by atoms with E-state index in [4.69, 9.17) is 9.97 Å². The second kappa shape index (κ2) is 11.5. The van der Waals surface area contributed by atoms with Crippen LogP contribution in [0.4, 0.5) is 0 Å². The van der Waals surface area contributed by atoms with Gasteiger partial charge in [0.15, 0.2) is 0 Å². The minimum atomic E-state index is -0.439. The monoisotopic (exact) mass is 500 g/mol. The summed E-state index contributed by atoms with van der Waals surface area (Å²) >= 11 is 0. The standard InChI is InChI=1S/C31H40N4O2/c1-21-9-7-15-32-28(21)26-11-6-12-27(29-22(2)10-8-16-33-29)35(26)19-24-14-13-23(17-25(24)20-36)18-34-30(37)31(3,4)5/h7-10,13-17,26-27,36H,6,11-12,18-20H2,1-5H3,(H,34,37)/t26-,27+. The van der Waals surface area contributed by atoms with Crippen LogP contribution in [-0.2, 0) is 24.5 Å². The molecular formula is C31H40N4O2. The van der Waals surface area contributed by atoms with Crippen molar-refractivity contribution < 1.29 is 9.90 Å². The van der Waals surface area contributed by atoms with Crippen LogP contribution in [0.3, 0.4) is 0 Å². The topological polar surface area (TPSA) is 78.4 Å². The van der Waals surface area contributed by atoms with Gasteiger partial charge in [0.25, 0.3) is 0 Å². The molecule has 0 bridgehead atoms. The molecule has 4 rings (SSSR count). The maximum Gasteiger partial charge on any atom is 0.225 e. The first-order valence-corrected chi connectivity index (χ1v) is 13.3. The van der Waals surface area contributed by atoms with Crippen LogP contribution in [0.15, 0.2) is 54.9 Å². The Bertz CT molecular complexity index is 1180. The Kier molecular flexibility index (Phi) is 8.40. The SMILES string of the molecule is Cc1cccnc1[C@H]1CCC[C@@H](c2ncccc2C)N1Cc1ccc(CNC(=O)C(C)(C)C)cc1CO. The summed E-state index contributed by atoms with van der Waals surface area (Å²) in [6.07, 6.45) is 6.94. The second-order valence-electron chi connectivity index (χ2n) is 11.2. The van der Waals surface area contributed by atoms with E-state index in [1.807, 2.05) is 51.4 Å². The summed E-state index contributed by atoms with van der Waals surface area (Å²) in [5.41, 5.74) is 7.16. The highest BCUT2D eigenvalue weighted by Gasteiger charge is 2.35. The Balaban J connectivity index is 1.67. The fourth-order valence-electron chi connectivity index (χ4n) is 5.29. The van der Waals surface area contributed by atoms with E-state index < -0.39 is 5.41 Å². The van der Waals surface area contributed by atoms with Crippen molar-refractivity contribution in [3.05, 3.63) is 94.1 Å². The molecule has 0 unspecified atom stereocenters. The van der Waals surface area contributed by atoms with Crippen LogP contribution in [0.25, 0.3) is 0 Å². The molecule has 1 aliphatic heterocycles. The first-order chi connectivity index (χ1) is 17.7. The number of nitrogens with zero attached hydrogens (tertiary/aromatic N) is 3. The number of rotatable bonds is 7. The third-order valence-electron chi connectivity index (χ3n) is 7.42. The van der Waals surface area contributed by atoms with E-state index in [0.717, 1.165) is 47.3 Å². The number of hydrogen-bond donors (Lipinski definition) is 2. The minimum absolute atomic E-state index is 0.0117. The number of hydrogen-bond acceptors (Lipinski definition) is 5. The van der Waals surface area contributed by atoms with Gasteiger partial charge in [-0.15, -0.1) is 0 Å². The first-order valence-electron chi connectivity index (χ1n) is 13.3. The molecule has 3 aromatic rings. The highest BCUT2D eigenvalue weighted by atomic mass is 16.3. The number of pyridine rings is 2. The molecular weight excluding hydrogens is 460 g/mol. The molecule has 0 saturated carbocycles. The summed E-state index contributed by atoms with van der Waals surface area (Å²) in [5.74, 6) is 0.0117. The predicted molar refractivity (Wildman–Crippen MR) is 146 cm³/mol. The highest BCUT2D eigenvalue weighted by molar-refractivity contribution is 5.81. The summed E-state index contributed by atoms with van der Waals surface area (Å²) in [7, 11) is 0. The molecule has 6 heteroatoms. The molecule has 6 nitrogen and oxygen atoms in total.